The number of sulfonamides is 1. The smallest absolute Gasteiger partial charge is 0.214 e. The van der Waals surface area contributed by atoms with Crippen LogP contribution >= 0.6 is 0 Å². The van der Waals surface area contributed by atoms with Gasteiger partial charge in [0.25, 0.3) is 0 Å². The number of rotatable bonds is 5. The van der Waals surface area contributed by atoms with Gasteiger partial charge in [0.15, 0.2) is 0 Å². The first-order valence-electron chi connectivity index (χ1n) is 6.30. The Balaban J connectivity index is 1.95. The molecule has 1 N–H and O–H groups in total. The first-order chi connectivity index (χ1) is 9.00. The molecule has 1 aromatic carbocycles. The van der Waals surface area contributed by atoms with Crippen molar-refractivity contribution in [3.05, 3.63) is 35.4 Å². The molecule has 6 heteroatoms. The van der Waals surface area contributed by atoms with E-state index in [-0.39, 0.29) is 11.8 Å². The van der Waals surface area contributed by atoms with E-state index in [4.69, 9.17) is 4.74 Å². The molecule has 0 bridgehead atoms. The Labute approximate surface area is 114 Å². The van der Waals surface area contributed by atoms with Gasteiger partial charge in [-0.15, -0.1) is 0 Å². The van der Waals surface area contributed by atoms with E-state index in [1.807, 2.05) is 18.2 Å². The summed E-state index contributed by atoms with van der Waals surface area (Å²) in [6.07, 6.45) is 0. The molecule has 1 aliphatic rings. The highest BCUT2D eigenvalue weighted by Gasteiger charge is 2.21. The summed E-state index contributed by atoms with van der Waals surface area (Å²) < 4.78 is 30.1. The largest absolute Gasteiger partial charge is 0.375 e. The standard InChI is InChI=1S/C13H20N2O3S/c1-15(2)19(16,17)8-7-14-13-10-18-9-11-5-3-4-6-12(11)13/h3-6,13-14H,7-10H2,1-2H3. The van der Waals surface area contributed by atoms with Gasteiger partial charge in [0.05, 0.1) is 25.0 Å². The second-order valence-electron chi connectivity index (χ2n) is 4.82. The maximum absolute atomic E-state index is 11.7. The molecule has 1 aliphatic heterocycles. The maximum Gasteiger partial charge on any atom is 0.214 e. The summed E-state index contributed by atoms with van der Waals surface area (Å²) in [6.45, 7) is 1.63. The third-order valence-electron chi connectivity index (χ3n) is 3.28. The molecule has 0 aromatic heterocycles. The Kier molecular flexibility index (Phi) is 4.57. The molecule has 0 aliphatic carbocycles. The zero-order valence-electron chi connectivity index (χ0n) is 11.3. The lowest BCUT2D eigenvalue weighted by molar-refractivity contribution is 0.0828. The average molecular weight is 284 g/mol. The number of ether oxygens (including phenoxy) is 1. The minimum Gasteiger partial charge on any atom is -0.375 e. The minimum atomic E-state index is -3.15. The number of hydrogen-bond acceptors (Lipinski definition) is 4. The fourth-order valence-electron chi connectivity index (χ4n) is 2.10. The molecule has 0 amide bonds. The third-order valence-corrected chi connectivity index (χ3v) is 5.11. The van der Waals surface area contributed by atoms with Crippen LogP contribution in [0.5, 0.6) is 0 Å². The lowest BCUT2D eigenvalue weighted by Gasteiger charge is -2.26. The molecule has 1 atom stereocenters. The van der Waals surface area contributed by atoms with Gasteiger partial charge < -0.3 is 10.1 Å². The van der Waals surface area contributed by atoms with Crippen molar-refractivity contribution in [3.8, 4) is 0 Å². The topological polar surface area (TPSA) is 58.6 Å². The second-order valence-corrected chi connectivity index (χ2v) is 7.12. The molecular formula is C13H20N2O3S. The number of hydrogen-bond donors (Lipinski definition) is 1. The molecule has 1 heterocycles. The fourth-order valence-corrected chi connectivity index (χ4v) is 2.84. The SMILES string of the molecule is CN(C)S(=O)(=O)CCNC1COCc2ccccc21. The van der Waals surface area contributed by atoms with Crippen LogP contribution in [-0.2, 0) is 21.4 Å². The molecule has 106 valence electrons. The Hall–Kier alpha value is -0.950. The van der Waals surface area contributed by atoms with Crippen LogP contribution in [0.2, 0.25) is 0 Å². The predicted molar refractivity (Wildman–Crippen MR) is 74.3 cm³/mol. The summed E-state index contributed by atoms with van der Waals surface area (Å²) in [7, 11) is -0.0465. The van der Waals surface area contributed by atoms with Gasteiger partial charge in [-0.3, -0.25) is 0 Å². The van der Waals surface area contributed by atoms with Gasteiger partial charge in [-0.1, -0.05) is 24.3 Å². The Morgan fingerprint density at radius 1 is 1.37 bits per heavy atom. The average Bonchev–Trinajstić information content (AvgIpc) is 2.38. The Morgan fingerprint density at radius 3 is 2.84 bits per heavy atom. The Bertz CT molecular complexity index is 528. The van der Waals surface area contributed by atoms with Crippen molar-refractivity contribution < 1.29 is 13.2 Å². The summed E-state index contributed by atoms with van der Waals surface area (Å²) in [5, 5.41) is 3.26. The number of nitrogens with zero attached hydrogens (tertiary/aromatic N) is 1. The van der Waals surface area contributed by atoms with Crippen LogP contribution in [-0.4, -0.2) is 45.7 Å². The van der Waals surface area contributed by atoms with Gasteiger partial charge in [0, 0.05) is 20.6 Å². The van der Waals surface area contributed by atoms with E-state index in [9.17, 15) is 8.42 Å². The quantitative estimate of drug-likeness (QED) is 0.866. The van der Waals surface area contributed by atoms with Crippen LogP contribution in [0.15, 0.2) is 24.3 Å². The first kappa shape index (κ1) is 14.5. The van der Waals surface area contributed by atoms with Crippen LogP contribution in [0.4, 0.5) is 0 Å². The van der Waals surface area contributed by atoms with Crippen LogP contribution in [0.3, 0.4) is 0 Å². The van der Waals surface area contributed by atoms with E-state index in [0.717, 1.165) is 0 Å². The van der Waals surface area contributed by atoms with E-state index < -0.39 is 10.0 Å². The van der Waals surface area contributed by atoms with Crippen molar-refractivity contribution in [1.29, 1.82) is 0 Å². The van der Waals surface area contributed by atoms with Gasteiger partial charge in [-0.05, 0) is 11.1 Å². The molecule has 0 spiro atoms. The third kappa shape index (κ3) is 3.54. The molecule has 0 saturated heterocycles. The molecule has 0 radical (unpaired) electrons. The predicted octanol–water partition coefficient (Wildman–Crippen LogP) is 0.739. The lowest BCUT2D eigenvalue weighted by Crippen LogP contribution is -2.35. The zero-order valence-corrected chi connectivity index (χ0v) is 12.1. The van der Waals surface area contributed by atoms with Crippen molar-refractivity contribution in [2.75, 3.05) is 33.0 Å². The summed E-state index contributed by atoms with van der Waals surface area (Å²) in [4.78, 5) is 0. The molecule has 0 saturated carbocycles. The minimum absolute atomic E-state index is 0.0716. The molecule has 19 heavy (non-hydrogen) atoms. The maximum atomic E-state index is 11.7. The number of benzene rings is 1. The van der Waals surface area contributed by atoms with E-state index in [2.05, 4.69) is 11.4 Å². The van der Waals surface area contributed by atoms with Gasteiger partial charge in [-0.25, -0.2) is 12.7 Å². The summed E-state index contributed by atoms with van der Waals surface area (Å²) in [5.74, 6) is 0.0959. The van der Waals surface area contributed by atoms with Crippen LogP contribution in [0.1, 0.15) is 17.2 Å². The molecule has 0 fully saturated rings. The molecule has 1 unspecified atom stereocenters. The van der Waals surface area contributed by atoms with Crippen molar-refractivity contribution in [2.24, 2.45) is 0 Å². The van der Waals surface area contributed by atoms with E-state index in [1.165, 1.54) is 15.4 Å². The van der Waals surface area contributed by atoms with Crippen LogP contribution in [0, 0.1) is 0 Å². The second kappa shape index (κ2) is 6.00. The van der Waals surface area contributed by atoms with Gasteiger partial charge >= 0.3 is 0 Å². The molecule has 1 aromatic rings. The monoisotopic (exact) mass is 284 g/mol. The number of fused-ring (bicyclic) bond motifs is 1. The molecule has 5 nitrogen and oxygen atoms in total. The molecule has 2 rings (SSSR count). The fraction of sp³-hybridized carbons (Fsp3) is 0.538. The van der Waals surface area contributed by atoms with Crippen molar-refractivity contribution >= 4 is 10.0 Å². The lowest BCUT2D eigenvalue weighted by atomic mass is 9.99. The van der Waals surface area contributed by atoms with Crippen molar-refractivity contribution in [1.82, 2.24) is 9.62 Å². The summed E-state index contributed by atoms with van der Waals surface area (Å²) in [6, 6.07) is 8.16. The van der Waals surface area contributed by atoms with Gasteiger partial charge in [-0.2, -0.15) is 0 Å². The molecular weight excluding hydrogens is 264 g/mol. The summed E-state index contributed by atoms with van der Waals surface area (Å²) in [5.41, 5.74) is 2.37. The highest BCUT2D eigenvalue weighted by molar-refractivity contribution is 7.89. The normalized spacial score (nSPS) is 19.4. The Morgan fingerprint density at radius 2 is 2.11 bits per heavy atom. The van der Waals surface area contributed by atoms with E-state index in [1.54, 1.807) is 14.1 Å². The van der Waals surface area contributed by atoms with Gasteiger partial charge in [0.2, 0.25) is 10.0 Å². The van der Waals surface area contributed by atoms with E-state index in [0.29, 0.717) is 19.8 Å². The van der Waals surface area contributed by atoms with Gasteiger partial charge in [0.1, 0.15) is 0 Å². The van der Waals surface area contributed by atoms with Crippen molar-refractivity contribution in [2.45, 2.75) is 12.6 Å². The number of nitrogens with one attached hydrogen (secondary N) is 1. The zero-order chi connectivity index (χ0) is 13.9. The highest BCUT2D eigenvalue weighted by atomic mass is 32.2. The van der Waals surface area contributed by atoms with Crippen LogP contribution < -0.4 is 5.32 Å². The highest BCUT2D eigenvalue weighted by Crippen LogP contribution is 2.24. The van der Waals surface area contributed by atoms with Crippen molar-refractivity contribution in [3.63, 3.8) is 0 Å². The van der Waals surface area contributed by atoms with Crippen LogP contribution in [0.25, 0.3) is 0 Å². The van der Waals surface area contributed by atoms with E-state index >= 15 is 0 Å². The summed E-state index contributed by atoms with van der Waals surface area (Å²) >= 11 is 0. The first-order valence-corrected chi connectivity index (χ1v) is 7.91.